The minimum atomic E-state index is -1.05. The van der Waals surface area contributed by atoms with Crippen LogP contribution < -0.4 is 21.3 Å². The van der Waals surface area contributed by atoms with Crippen LogP contribution in [0, 0.1) is 5.82 Å². The molecule has 0 bridgehead atoms. The fourth-order valence-electron chi connectivity index (χ4n) is 8.08. The third-order valence-electron chi connectivity index (χ3n) is 11.5. The van der Waals surface area contributed by atoms with E-state index in [1.165, 1.54) is 12.1 Å². The molecular weight excluding hydrogens is 788 g/mol. The van der Waals surface area contributed by atoms with Crippen molar-refractivity contribution in [2.24, 2.45) is 0 Å². The Kier molecular flexibility index (Phi) is 10.7. The lowest BCUT2D eigenvalue weighted by molar-refractivity contribution is -0.136. The molecule has 0 spiro atoms. The number of amides is 6. The van der Waals surface area contributed by atoms with Gasteiger partial charge < -0.3 is 20.9 Å². The first-order chi connectivity index (χ1) is 29.6. The summed E-state index contributed by atoms with van der Waals surface area (Å²) in [5.74, 6) is -2.50. The van der Waals surface area contributed by atoms with Gasteiger partial charge in [0, 0.05) is 93.8 Å². The number of anilines is 3. The van der Waals surface area contributed by atoms with Crippen molar-refractivity contribution in [3.8, 4) is 11.3 Å². The number of fused-ring (bicyclic) bond motifs is 2. The SMILES string of the molecule is O=C(CCCNc1cccc2c1C(=O)N(C1CCC(=O)NC1=O)C2=O)NCCN1CCN(C(=O)c2ccc(Nc3nc(C4CC4)cn4c(-c5cn[nH]c5)cnc34)c(F)c2)CC1. The fraction of sp³-hybridized carbons (Fsp3) is 0.357. The van der Waals surface area contributed by atoms with E-state index >= 15 is 4.39 Å². The topological polar surface area (TPSA) is 219 Å². The molecule has 3 aliphatic heterocycles. The summed E-state index contributed by atoms with van der Waals surface area (Å²) in [5, 5.41) is 18.3. The zero-order chi connectivity index (χ0) is 42.2. The normalized spacial score (nSPS) is 18.1. The number of hydrogen-bond donors (Lipinski definition) is 5. The maximum atomic E-state index is 15.6. The molecule has 4 aliphatic rings. The molecule has 19 heteroatoms. The highest BCUT2D eigenvalue weighted by molar-refractivity contribution is 6.25. The molecule has 1 aliphatic carbocycles. The lowest BCUT2D eigenvalue weighted by Crippen LogP contribution is -2.54. The number of aromatic nitrogens is 5. The Hall–Kier alpha value is -7.02. The molecule has 1 unspecified atom stereocenters. The van der Waals surface area contributed by atoms with Gasteiger partial charge in [-0.25, -0.2) is 14.4 Å². The van der Waals surface area contributed by atoms with Gasteiger partial charge in [-0.1, -0.05) is 6.07 Å². The van der Waals surface area contributed by atoms with E-state index in [0.29, 0.717) is 75.3 Å². The van der Waals surface area contributed by atoms with Gasteiger partial charge in [-0.3, -0.25) is 53.4 Å². The number of H-pyrrole nitrogens is 1. The number of halogens is 1. The third-order valence-corrected chi connectivity index (χ3v) is 11.5. The molecule has 9 rings (SSSR count). The number of hydrogen-bond acceptors (Lipinski definition) is 12. The van der Waals surface area contributed by atoms with E-state index in [-0.39, 0.29) is 53.5 Å². The van der Waals surface area contributed by atoms with Crippen molar-refractivity contribution < 1.29 is 33.2 Å². The highest BCUT2D eigenvalue weighted by atomic mass is 19.1. The number of rotatable bonds is 14. The van der Waals surface area contributed by atoms with Gasteiger partial charge >= 0.3 is 0 Å². The van der Waals surface area contributed by atoms with Crippen LogP contribution in [0.3, 0.4) is 0 Å². The van der Waals surface area contributed by atoms with Gasteiger partial charge in [0.15, 0.2) is 11.5 Å². The van der Waals surface area contributed by atoms with E-state index in [2.05, 4.69) is 41.3 Å². The zero-order valence-electron chi connectivity index (χ0n) is 33.1. The Morgan fingerprint density at radius 2 is 1.77 bits per heavy atom. The van der Waals surface area contributed by atoms with Crippen LogP contribution in [0.25, 0.3) is 16.9 Å². The van der Waals surface area contributed by atoms with Crippen LogP contribution >= 0.6 is 0 Å². The monoisotopic (exact) mass is 830 g/mol. The number of carbonyl (C=O) groups excluding carboxylic acids is 6. The Morgan fingerprint density at radius 3 is 2.52 bits per heavy atom. The Morgan fingerprint density at radius 1 is 0.934 bits per heavy atom. The summed E-state index contributed by atoms with van der Waals surface area (Å²) in [6.07, 6.45) is 10.1. The van der Waals surface area contributed by atoms with Gasteiger partial charge in [0.05, 0.1) is 40.6 Å². The Balaban J connectivity index is 0.714. The van der Waals surface area contributed by atoms with Crippen molar-refractivity contribution in [1.82, 2.24) is 49.9 Å². The number of aromatic amines is 1. The van der Waals surface area contributed by atoms with Crippen LogP contribution in [0.2, 0.25) is 0 Å². The van der Waals surface area contributed by atoms with Crippen molar-refractivity contribution in [1.29, 1.82) is 0 Å². The second-order valence-electron chi connectivity index (χ2n) is 15.6. The summed E-state index contributed by atoms with van der Waals surface area (Å²) in [6.45, 7) is 3.49. The second-order valence-corrected chi connectivity index (χ2v) is 15.6. The Labute approximate surface area is 348 Å². The fourth-order valence-corrected chi connectivity index (χ4v) is 8.08. The maximum Gasteiger partial charge on any atom is 0.264 e. The average Bonchev–Trinajstić information content (AvgIpc) is 3.68. The predicted octanol–water partition coefficient (Wildman–Crippen LogP) is 3.05. The second kappa shape index (κ2) is 16.6. The first-order valence-corrected chi connectivity index (χ1v) is 20.4. The van der Waals surface area contributed by atoms with E-state index in [0.717, 1.165) is 34.7 Å². The number of piperazine rings is 1. The minimum absolute atomic E-state index is 0.0371. The summed E-state index contributed by atoms with van der Waals surface area (Å²) < 4.78 is 17.5. The van der Waals surface area contributed by atoms with Gasteiger partial charge in [0.25, 0.3) is 17.7 Å². The van der Waals surface area contributed by atoms with Crippen LogP contribution in [0.15, 0.2) is 61.2 Å². The van der Waals surface area contributed by atoms with E-state index in [4.69, 9.17) is 4.98 Å². The smallest absolute Gasteiger partial charge is 0.264 e. The third kappa shape index (κ3) is 8.03. The van der Waals surface area contributed by atoms with Gasteiger partial charge in [-0.15, -0.1) is 0 Å². The minimum Gasteiger partial charge on any atom is -0.384 e. The molecule has 3 fully saturated rings. The molecule has 314 valence electrons. The molecule has 1 atom stereocenters. The molecule has 6 amide bonds. The van der Waals surface area contributed by atoms with E-state index in [1.807, 2.05) is 10.6 Å². The number of carbonyl (C=O) groups is 6. The van der Waals surface area contributed by atoms with Crippen molar-refractivity contribution in [2.45, 2.75) is 50.5 Å². The van der Waals surface area contributed by atoms with Crippen LogP contribution in [0.5, 0.6) is 0 Å². The molecule has 0 radical (unpaired) electrons. The van der Waals surface area contributed by atoms with E-state index in [9.17, 15) is 28.8 Å². The number of imide groups is 2. The summed E-state index contributed by atoms with van der Waals surface area (Å²) in [5.41, 5.74) is 4.35. The highest BCUT2D eigenvalue weighted by Gasteiger charge is 2.45. The molecule has 3 aromatic heterocycles. The van der Waals surface area contributed by atoms with Crippen molar-refractivity contribution in [3.63, 3.8) is 0 Å². The quantitative estimate of drug-likeness (QED) is 0.0806. The summed E-state index contributed by atoms with van der Waals surface area (Å²) in [7, 11) is 0. The van der Waals surface area contributed by atoms with E-state index < -0.39 is 35.5 Å². The molecule has 5 N–H and O–H groups in total. The molecule has 5 aromatic rings. The van der Waals surface area contributed by atoms with Gasteiger partial charge in [-0.05, 0) is 56.0 Å². The molecular formula is C42H43FN12O6. The molecule has 61 heavy (non-hydrogen) atoms. The summed E-state index contributed by atoms with van der Waals surface area (Å²) in [4.78, 5) is 90.6. The molecule has 1 saturated carbocycles. The number of nitrogens with zero attached hydrogens (tertiary/aromatic N) is 7. The number of nitrogens with one attached hydrogen (secondary N) is 5. The van der Waals surface area contributed by atoms with Crippen molar-refractivity contribution >= 4 is 58.3 Å². The number of imidazole rings is 1. The summed E-state index contributed by atoms with van der Waals surface area (Å²) >= 11 is 0. The van der Waals surface area contributed by atoms with Gasteiger partial charge in [-0.2, -0.15) is 5.10 Å². The predicted molar refractivity (Wildman–Crippen MR) is 218 cm³/mol. The van der Waals surface area contributed by atoms with Crippen LogP contribution in [-0.2, 0) is 14.4 Å². The first kappa shape index (κ1) is 39.4. The van der Waals surface area contributed by atoms with Crippen LogP contribution in [0.4, 0.5) is 21.6 Å². The molecule has 18 nitrogen and oxygen atoms in total. The maximum absolute atomic E-state index is 15.6. The molecule has 2 aromatic carbocycles. The zero-order valence-corrected chi connectivity index (χ0v) is 33.1. The van der Waals surface area contributed by atoms with Gasteiger partial charge in [0.2, 0.25) is 17.7 Å². The highest BCUT2D eigenvalue weighted by Crippen LogP contribution is 2.41. The van der Waals surface area contributed by atoms with E-state index in [1.54, 1.807) is 47.8 Å². The lowest BCUT2D eigenvalue weighted by atomic mass is 10.0. The lowest BCUT2D eigenvalue weighted by Gasteiger charge is -2.34. The number of piperidine rings is 1. The number of benzene rings is 2. The standard InChI is InChI=1S/C42H43FN12O6/c43-28-19-25(8-9-29(28)49-37-38-46-22-33(26-20-47-48-21-26)54(38)23-31(50-37)24-6-7-24)40(59)53-17-15-52(16-18-53)14-13-45-34(56)5-2-12-44-30-4-1-3-27-36(30)42(61)55(41(27)60)32-10-11-35(57)51-39(32)58/h1,3-4,8-9,19-24,32,44H,2,5-7,10-18H2,(H,45,56)(H,47,48)(H,49,50)(H,51,57,58). The summed E-state index contributed by atoms with van der Waals surface area (Å²) in [6, 6.07) is 8.20. The largest absolute Gasteiger partial charge is 0.384 e. The van der Waals surface area contributed by atoms with Crippen LogP contribution in [-0.4, -0.2) is 127 Å². The van der Waals surface area contributed by atoms with Crippen molar-refractivity contribution in [2.75, 3.05) is 56.4 Å². The molecule has 2 saturated heterocycles. The molecule has 6 heterocycles. The first-order valence-electron chi connectivity index (χ1n) is 20.4. The van der Waals surface area contributed by atoms with Crippen molar-refractivity contribution in [3.05, 3.63) is 89.4 Å². The van der Waals surface area contributed by atoms with Crippen LogP contribution in [0.1, 0.15) is 81.2 Å². The average molecular weight is 831 g/mol. The van der Waals surface area contributed by atoms with Gasteiger partial charge in [0.1, 0.15) is 11.9 Å². The Bertz CT molecular complexity index is 2560.